The molecule has 0 saturated carbocycles. The van der Waals surface area contributed by atoms with E-state index in [1.54, 1.807) is 17.8 Å². The minimum absolute atomic E-state index is 0.587. The number of hydrogen-bond acceptors (Lipinski definition) is 3. The van der Waals surface area contributed by atoms with Gasteiger partial charge >= 0.3 is 0 Å². The number of thioether (sulfide) groups is 1. The second-order valence-corrected chi connectivity index (χ2v) is 5.71. The lowest BCUT2D eigenvalue weighted by Gasteiger charge is -2.09. The van der Waals surface area contributed by atoms with Crippen LogP contribution in [0.15, 0.2) is 47.4 Å². The maximum atomic E-state index is 8.98. The number of nitrogens with zero attached hydrogens (tertiary/aromatic N) is 1. The van der Waals surface area contributed by atoms with E-state index in [-0.39, 0.29) is 0 Å². The molecule has 2 aromatic rings. The Kier molecular flexibility index (Phi) is 5.09. The molecule has 0 bridgehead atoms. The highest BCUT2D eigenvalue weighted by atomic mass is 32.2. The van der Waals surface area contributed by atoms with Crippen LogP contribution in [-0.4, -0.2) is 12.4 Å². The van der Waals surface area contributed by atoms with Crippen molar-refractivity contribution < 1.29 is 4.74 Å². The Hall–Kier alpha value is -1.92. The molecule has 0 unspecified atom stereocenters. The van der Waals surface area contributed by atoms with Crippen LogP contribution in [0.1, 0.15) is 16.7 Å². The van der Waals surface area contributed by atoms with E-state index in [4.69, 9.17) is 10.00 Å². The zero-order valence-electron chi connectivity index (χ0n) is 11.7. The number of hydrogen-bond donors (Lipinski definition) is 0. The number of nitriles is 1. The van der Waals surface area contributed by atoms with Crippen molar-refractivity contribution in [2.75, 3.05) is 12.4 Å². The van der Waals surface area contributed by atoms with E-state index in [1.165, 1.54) is 16.0 Å². The molecule has 2 aromatic carbocycles. The van der Waals surface area contributed by atoms with Gasteiger partial charge in [0.25, 0.3) is 0 Å². The molecule has 2 rings (SSSR count). The first-order chi connectivity index (χ1) is 9.70. The van der Waals surface area contributed by atoms with Crippen LogP contribution < -0.4 is 4.74 Å². The molecule has 0 aromatic heterocycles. The van der Waals surface area contributed by atoms with E-state index in [9.17, 15) is 0 Å². The van der Waals surface area contributed by atoms with E-state index < -0.39 is 0 Å². The Morgan fingerprint density at radius 2 is 1.95 bits per heavy atom. The minimum Gasteiger partial charge on any atom is -0.491 e. The number of rotatable bonds is 5. The Morgan fingerprint density at radius 1 is 1.15 bits per heavy atom. The molecule has 0 heterocycles. The predicted molar refractivity (Wildman–Crippen MR) is 83.3 cm³/mol. The Balaban J connectivity index is 1.88. The molecular weight excluding hydrogens is 266 g/mol. The van der Waals surface area contributed by atoms with Gasteiger partial charge in [-0.2, -0.15) is 5.26 Å². The molecule has 0 spiro atoms. The van der Waals surface area contributed by atoms with Crippen LogP contribution in [-0.2, 0) is 0 Å². The standard InChI is InChI=1S/C17H17NOS/c1-13-7-8-14(2)17(11-13)20-10-9-19-16-6-4-3-5-15(16)12-18/h3-8,11H,9-10H2,1-2H3. The lowest BCUT2D eigenvalue weighted by Crippen LogP contribution is -2.01. The van der Waals surface area contributed by atoms with Crippen LogP contribution in [0.3, 0.4) is 0 Å². The third-order valence-corrected chi connectivity index (χ3v) is 4.07. The Labute approximate surface area is 124 Å². The largest absolute Gasteiger partial charge is 0.491 e. The van der Waals surface area contributed by atoms with Crippen molar-refractivity contribution in [3.63, 3.8) is 0 Å². The second-order valence-electron chi connectivity index (χ2n) is 4.57. The maximum absolute atomic E-state index is 8.98. The lowest BCUT2D eigenvalue weighted by atomic mass is 10.2. The first kappa shape index (κ1) is 14.5. The van der Waals surface area contributed by atoms with Gasteiger partial charge in [-0.15, -0.1) is 11.8 Å². The molecule has 0 amide bonds. The SMILES string of the molecule is Cc1ccc(C)c(SCCOc2ccccc2C#N)c1. The van der Waals surface area contributed by atoms with Crippen molar-refractivity contribution in [2.45, 2.75) is 18.7 Å². The summed E-state index contributed by atoms with van der Waals surface area (Å²) in [6, 6.07) is 15.9. The zero-order valence-corrected chi connectivity index (χ0v) is 12.5. The third kappa shape index (κ3) is 3.79. The summed E-state index contributed by atoms with van der Waals surface area (Å²) in [6.07, 6.45) is 0. The summed E-state index contributed by atoms with van der Waals surface area (Å²) < 4.78 is 5.68. The molecule has 0 aliphatic rings. The molecule has 0 saturated heterocycles. The zero-order chi connectivity index (χ0) is 14.4. The van der Waals surface area contributed by atoms with Crippen LogP contribution in [0, 0.1) is 25.2 Å². The topological polar surface area (TPSA) is 33.0 Å². The fourth-order valence-electron chi connectivity index (χ4n) is 1.85. The highest BCUT2D eigenvalue weighted by molar-refractivity contribution is 7.99. The molecule has 0 aliphatic carbocycles. The minimum atomic E-state index is 0.587. The van der Waals surface area contributed by atoms with Crippen LogP contribution in [0.2, 0.25) is 0 Å². The summed E-state index contributed by atoms with van der Waals surface area (Å²) in [4.78, 5) is 1.29. The van der Waals surface area contributed by atoms with Crippen LogP contribution in [0.4, 0.5) is 0 Å². The van der Waals surface area contributed by atoms with Crippen molar-refractivity contribution >= 4 is 11.8 Å². The fourth-order valence-corrected chi connectivity index (χ4v) is 2.80. The Bertz CT molecular complexity index is 631. The number of benzene rings is 2. The van der Waals surface area contributed by atoms with Gasteiger partial charge < -0.3 is 4.74 Å². The lowest BCUT2D eigenvalue weighted by molar-refractivity contribution is 0.343. The first-order valence-corrected chi connectivity index (χ1v) is 7.51. The smallest absolute Gasteiger partial charge is 0.137 e. The Morgan fingerprint density at radius 3 is 2.75 bits per heavy atom. The van der Waals surface area contributed by atoms with Gasteiger partial charge in [0.2, 0.25) is 0 Å². The van der Waals surface area contributed by atoms with Gasteiger partial charge in [0.05, 0.1) is 12.2 Å². The molecule has 0 radical (unpaired) electrons. The summed E-state index contributed by atoms with van der Waals surface area (Å²) in [5.74, 6) is 1.53. The molecule has 0 aliphatic heterocycles. The van der Waals surface area contributed by atoms with E-state index in [0.717, 1.165) is 5.75 Å². The van der Waals surface area contributed by atoms with E-state index in [2.05, 4.69) is 38.1 Å². The van der Waals surface area contributed by atoms with Crippen molar-refractivity contribution in [3.8, 4) is 11.8 Å². The van der Waals surface area contributed by atoms with Crippen LogP contribution in [0.5, 0.6) is 5.75 Å². The van der Waals surface area contributed by atoms with E-state index >= 15 is 0 Å². The monoisotopic (exact) mass is 283 g/mol. The highest BCUT2D eigenvalue weighted by Gasteiger charge is 2.03. The molecule has 0 fully saturated rings. The number of ether oxygens (including phenoxy) is 1. The van der Waals surface area contributed by atoms with E-state index in [0.29, 0.717) is 17.9 Å². The molecule has 3 heteroatoms. The number of para-hydroxylation sites is 1. The normalized spacial score (nSPS) is 10.1. The van der Waals surface area contributed by atoms with E-state index in [1.807, 2.05) is 18.2 Å². The van der Waals surface area contributed by atoms with Crippen molar-refractivity contribution in [1.29, 1.82) is 5.26 Å². The van der Waals surface area contributed by atoms with Gasteiger partial charge in [0.15, 0.2) is 0 Å². The average Bonchev–Trinajstić information content (AvgIpc) is 2.47. The summed E-state index contributed by atoms with van der Waals surface area (Å²) in [6.45, 7) is 4.81. The van der Waals surface area contributed by atoms with Gasteiger partial charge in [0, 0.05) is 10.6 Å². The van der Waals surface area contributed by atoms with Gasteiger partial charge in [-0.3, -0.25) is 0 Å². The van der Waals surface area contributed by atoms with Crippen LogP contribution >= 0.6 is 11.8 Å². The molecule has 0 N–H and O–H groups in total. The predicted octanol–water partition coefficient (Wildman–Crippen LogP) is 4.35. The van der Waals surface area contributed by atoms with Gasteiger partial charge in [-0.25, -0.2) is 0 Å². The van der Waals surface area contributed by atoms with Crippen molar-refractivity contribution in [2.24, 2.45) is 0 Å². The van der Waals surface area contributed by atoms with Crippen molar-refractivity contribution in [3.05, 3.63) is 59.2 Å². The molecule has 2 nitrogen and oxygen atoms in total. The highest BCUT2D eigenvalue weighted by Crippen LogP contribution is 2.24. The first-order valence-electron chi connectivity index (χ1n) is 6.52. The van der Waals surface area contributed by atoms with Crippen molar-refractivity contribution in [1.82, 2.24) is 0 Å². The fraction of sp³-hybridized carbons (Fsp3) is 0.235. The quantitative estimate of drug-likeness (QED) is 0.604. The summed E-state index contributed by atoms with van der Waals surface area (Å²) in [7, 11) is 0. The summed E-state index contributed by atoms with van der Waals surface area (Å²) in [5.41, 5.74) is 3.15. The molecule has 20 heavy (non-hydrogen) atoms. The van der Waals surface area contributed by atoms with Gasteiger partial charge in [0.1, 0.15) is 11.8 Å². The molecule has 0 atom stereocenters. The third-order valence-electron chi connectivity index (χ3n) is 2.95. The maximum Gasteiger partial charge on any atom is 0.137 e. The summed E-state index contributed by atoms with van der Waals surface area (Å²) in [5, 5.41) is 8.98. The number of aryl methyl sites for hydroxylation is 2. The van der Waals surface area contributed by atoms with Gasteiger partial charge in [-0.1, -0.05) is 29.8 Å². The summed E-state index contributed by atoms with van der Waals surface area (Å²) >= 11 is 1.79. The molecule has 102 valence electrons. The van der Waals surface area contributed by atoms with Gasteiger partial charge in [-0.05, 0) is 37.6 Å². The van der Waals surface area contributed by atoms with Crippen LogP contribution in [0.25, 0.3) is 0 Å². The molecular formula is C17H17NOS. The second kappa shape index (κ2) is 7.02. The average molecular weight is 283 g/mol.